The number of thioether (sulfide) groups is 1. The van der Waals surface area contributed by atoms with E-state index in [0.29, 0.717) is 11.8 Å². The van der Waals surface area contributed by atoms with Crippen LogP contribution < -0.4 is 5.32 Å². The fourth-order valence-electron chi connectivity index (χ4n) is 1.92. The van der Waals surface area contributed by atoms with Gasteiger partial charge < -0.3 is 10.4 Å². The van der Waals surface area contributed by atoms with Crippen molar-refractivity contribution in [2.75, 3.05) is 13.1 Å². The van der Waals surface area contributed by atoms with Crippen LogP contribution in [0.5, 0.6) is 0 Å². The van der Waals surface area contributed by atoms with Gasteiger partial charge in [0.15, 0.2) is 0 Å². The Labute approximate surface area is 101 Å². The number of fused-ring (bicyclic) bond motifs is 1. The van der Waals surface area contributed by atoms with Crippen LogP contribution in [0, 0.1) is 0 Å². The zero-order valence-electron chi connectivity index (χ0n) is 9.65. The molecule has 0 bridgehead atoms. The van der Waals surface area contributed by atoms with Crippen molar-refractivity contribution in [3.63, 3.8) is 0 Å². The van der Waals surface area contributed by atoms with Gasteiger partial charge in [-0.3, -0.25) is 0 Å². The largest absolute Gasteiger partial charge is 0.392 e. The fraction of sp³-hybridized carbons (Fsp3) is 0.538. The third-order valence-corrected chi connectivity index (χ3v) is 4.26. The van der Waals surface area contributed by atoms with Crippen LogP contribution in [0.4, 0.5) is 0 Å². The Morgan fingerprint density at radius 1 is 1.50 bits per heavy atom. The molecular formula is C13H19NOS. The van der Waals surface area contributed by atoms with E-state index in [1.807, 2.05) is 18.7 Å². The number of rotatable bonds is 5. The summed E-state index contributed by atoms with van der Waals surface area (Å²) in [5, 5.41) is 13.4. The van der Waals surface area contributed by atoms with Gasteiger partial charge in [0.2, 0.25) is 0 Å². The van der Waals surface area contributed by atoms with Gasteiger partial charge in [-0.2, -0.15) is 0 Å². The second-order valence-corrected chi connectivity index (χ2v) is 5.61. The van der Waals surface area contributed by atoms with Gasteiger partial charge in [0.1, 0.15) is 0 Å². The van der Waals surface area contributed by atoms with Crippen LogP contribution in [-0.4, -0.2) is 29.5 Å². The molecule has 0 radical (unpaired) electrons. The van der Waals surface area contributed by atoms with Crippen LogP contribution in [0.15, 0.2) is 29.2 Å². The molecule has 0 amide bonds. The zero-order valence-corrected chi connectivity index (χ0v) is 10.5. The molecule has 1 aromatic carbocycles. The lowest BCUT2D eigenvalue weighted by Crippen LogP contribution is -2.31. The van der Waals surface area contributed by atoms with E-state index in [2.05, 4.69) is 29.6 Å². The predicted molar refractivity (Wildman–Crippen MR) is 69.0 cm³/mol. The molecule has 2 atom stereocenters. The third kappa shape index (κ3) is 3.00. The molecule has 1 aliphatic heterocycles. The van der Waals surface area contributed by atoms with Crippen molar-refractivity contribution in [3.05, 3.63) is 29.8 Å². The molecule has 1 aliphatic rings. The third-order valence-electron chi connectivity index (χ3n) is 2.94. The summed E-state index contributed by atoms with van der Waals surface area (Å²) in [6.07, 6.45) is 1.77. The molecule has 16 heavy (non-hydrogen) atoms. The van der Waals surface area contributed by atoms with Crippen LogP contribution in [0.3, 0.4) is 0 Å². The average molecular weight is 237 g/mol. The lowest BCUT2D eigenvalue weighted by atomic mass is 10.1. The Balaban J connectivity index is 1.75. The topological polar surface area (TPSA) is 32.3 Å². The molecule has 2 rings (SSSR count). The van der Waals surface area contributed by atoms with Crippen molar-refractivity contribution >= 4 is 11.8 Å². The smallest absolute Gasteiger partial charge is 0.0662 e. The van der Waals surface area contributed by atoms with Gasteiger partial charge in [-0.05, 0) is 24.5 Å². The van der Waals surface area contributed by atoms with E-state index in [-0.39, 0.29) is 6.10 Å². The van der Waals surface area contributed by atoms with E-state index in [4.69, 9.17) is 0 Å². The maximum Gasteiger partial charge on any atom is 0.0662 e. The van der Waals surface area contributed by atoms with Crippen molar-refractivity contribution in [2.45, 2.75) is 36.0 Å². The Morgan fingerprint density at radius 2 is 2.31 bits per heavy atom. The first-order valence-corrected chi connectivity index (χ1v) is 6.81. The summed E-state index contributed by atoms with van der Waals surface area (Å²) < 4.78 is 0. The molecular weight excluding hydrogens is 218 g/mol. The van der Waals surface area contributed by atoms with E-state index in [1.54, 1.807) is 0 Å². The van der Waals surface area contributed by atoms with Gasteiger partial charge >= 0.3 is 0 Å². The minimum atomic E-state index is -0.200. The second kappa shape index (κ2) is 5.71. The molecule has 0 aromatic heterocycles. The molecule has 0 saturated heterocycles. The number of benzene rings is 1. The Kier molecular flexibility index (Phi) is 4.27. The lowest BCUT2D eigenvalue weighted by molar-refractivity contribution is 0.167. The molecule has 0 saturated carbocycles. The molecule has 88 valence electrons. The van der Waals surface area contributed by atoms with Crippen molar-refractivity contribution in [1.82, 2.24) is 5.32 Å². The van der Waals surface area contributed by atoms with E-state index in [0.717, 1.165) is 19.4 Å². The van der Waals surface area contributed by atoms with E-state index < -0.39 is 0 Å². The van der Waals surface area contributed by atoms with Gasteiger partial charge in [0.25, 0.3) is 0 Å². The van der Waals surface area contributed by atoms with Crippen molar-refractivity contribution < 1.29 is 5.11 Å². The Morgan fingerprint density at radius 3 is 3.06 bits per heavy atom. The van der Waals surface area contributed by atoms with Gasteiger partial charge in [-0.1, -0.05) is 25.1 Å². The predicted octanol–water partition coefficient (Wildman–Crippen LogP) is 2.06. The van der Waals surface area contributed by atoms with Gasteiger partial charge in [-0.15, -0.1) is 11.8 Å². The summed E-state index contributed by atoms with van der Waals surface area (Å²) in [7, 11) is 0. The normalized spacial score (nSPS) is 20.8. The quantitative estimate of drug-likeness (QED) is 0.822. The standard InChI is InChI=1S/C13H19NOS/c1-2-11(15)8-14-9-12-7-10-5-3-4-6-13(10)16-12/h3-6,11-12,14-15H,2,7-9H2,1H3. The van der Waals surface area contributed by atoms with Crippen LogP contribution >= 0.6 is 11.8 Å². The van der Waals surface area contributed by atoms with E-state index in [1.165, 1.54) is 10.5 Å². The molecule has 3 heteroatoms. The second-order valence-electron chi connectivity index (χ2n) is 4.27. The molecule has 2 nitrogen and oxygen atoms in total. The number of hydrogen-bond acceptors (Lipinski definition) is 3. The number of aliphatic hydroxyl groups excluding tert-OH is 1. The highest BCUT2D eigenvalue weighted by molar-refractivity contribution is 8.00. The van der Waals surface area contributed by atoms with Gasteiger partial charge in [0.05, 0.1) is 6.10 Å². The Bertz CT molecular complexity index is 317. The SMILES string of the molecule is CCC(O)CNCC1Cc2ccccc2S1. The number of aliphatic hydroxyl groups is 1. The molecule has 1 aromatic rings. The summed E-state index contributed by atoms with van der Waals surface area (Å²) in [5.74, 6) is 0. The average Bonchev–Trinajstić information content (AvgIpc) is 2.71. The van der Waals surface area contributed by atoms with Gasteiger partial charge in [-0.25, -0.2) is 0 Å². The molecule has 0 spiro atoms. The van der Waals surface area contributed by atoms with Gasteiger partial charge in [0, 0.05) is 23.2 Å². The summed E-state index contributed by atoms with van der Waals surface area (Å²) in [4.78, 5) is 1.42. The van der Waals surface area contributed by atoms with Crippen LogP contribution in [-0.2, 0) is 6.42 Å². The minimum Gasteiger partial charge on any atom is -0.392 e. The number of nitrogens with one attached hydrogen (secondary N) is 1. The maximum absolute atomic E-state index is 9.44. The minimum absolute atomic E-state index is 0.200. The number of hydrogen-bond donors (Lipinski definition) is 2. The first-order valence-electron chi connectivity index (χ1n) is 5.93. The van der Waals surface area contributed by atoms with Crippen molar-refractivity contribution in [1.29, 1.82) is 0 Å². The van der Waals surface area contributed by atoms with E-state index in [9.17, 15) is 5.11 Å². The van der Waals surface area contributed by atoms with Crippen LogP contribution in [0.1, 0.15) is 18.9 Å². The first-order chi connectivity index (χ1) is 7.79. The fourth-order valence-corrected chi connectivity index (χ4v) is 3.21. The summed E-state index contributed by atoms with van der Waals surface area (Å²) in [5.41, 5.74) is 1.47. The molecule has 0 aliphatic carbocycles. The van der Waals surface area contributed by atoms with E-state index >= 15 is 0 Å². The highest BCUT2D eigenvalue weighted by Crippen LogP contribution is 2.36. The first kappa shape index (κ1) is 12.0. The maximum atomic E-state index is 9.44. The van der Waals surface area contributed by atoms with Crippen molar-refractivity contribution in [2.24, 2.45) is 0 Å². The molecule has 2 unspecified atom stereocenters. The zero-order chi connectivity index (χ0) is 11.4. The molecule has 1 heterocycles. The Hall–Kier alpha value is -0.510. The highest BCUT2D eigenvalue weighted by Gasteiger charge is 2.21. The van der Waals surface area contributed by atoms with Crippen molar-refractivity contribution in [3.8, 4) is 0 Å². The molecule has 0 fully saturated rings. The molecule has 2 N–H and O–H groups in total. The monoisotopic (exact) mass is 237 g/mol. The summed E-state index contributed by atoms with van der Waals surface area (Å²) in [6.45, 7) is 3.70. The summed E-state index contributed by atoms with van der Waals surface area (Å²) in [6, 6.07) is 8.61. The summed E-state index contributed by atoms with van der Waals surface area (Å²) >= 11 is 1.95. The van der Waals surface area contributed by atoms with Crippen LogP contribution in [0.25, 0.3) is 0 Å². The van der Waals surface area contributed by atoms with Crippen LogP contribution in [0.2, 0.25) is 0 Å². The highest BCUT2D eigenvalue weighted by atomic mass is 32.2. The lowest BCUT2D eigenvalue weighted by Gasteiger charge is -2.12.